The SMILES string of the molecule is CCC1CN(CC(CO)(NC)C2CC2)CCN1C. The maximum absolute atomic E-state index is 9.79. The summed E-state index contributed by atoms with van der Waals surface area (Å²) in [6.07, 6.45) is 3.75. The molecular formula is C14H29N3O. The molecule has 0 aromatic heterocycles. The van der Waals surface area contributed by atoms with Crippen LogP contribution in [0, 0.1) is 5.92 Å². The lowest BCUT2D eigenvalue weighted by Crippen LogP contribution is -2.61. The van der Waals surface area contributed by atoms with E-state index in [1.807, 2.05) is 7.05 Å². The van der Waals surface area contributed by atoms with Crippen LogP contribution in [0.1, 0.15) is 26.2 Å². The third-order valence-electron chi connectivity index (χ3n) is 4.98. The van der Waals surface area contributed by atoms with Gasteiger partial charge in [-0.1, -0.05) is 6.92 Å². The smallest absolute Gasteiger partial charge is 0.0628 e. The van der Waals surface area contributed by atoms with Crippen LogP contribution in [0.5, 0.6) is 0 Å². The van der Waals surface area contributed by atoms with Gasteiger partial charge in [0.05, 0.1) is 12.1 Å². The summed E-state index contributed by atoms with van der Waals surface area (Å²) in [4.78, 5) is 5.01. The first-order chi connectivity index (χ1) is 8.65. The molecule has 1 saturated heterocycles. The summed E-state index contributed by atoms with van der Waals surface area (Å²) in [6, 6.07) is 0.672. The van der Waals surface area contributed by atoms with Gasteiger partial charge in [-0.05, 0) is 39.3 Å². The molecule has 1 aliphatic carbocycles. The number of likely N-dealkylation sites (N-methyl/N-ethyl adjacent to an activating group) is 2. The van der Waals surface area contributed by atoms with Crippen molar-refractivity contribution in [3.8, 4) is 0 Å². The van der Waals surface area contributed by atoms with E-state index in [9.17, 15) is 5.11 Å². The molecule has 1 saturated carbocycles. The van der Waals surface area contributed by atoms with E-state index >= 15 is 0 Å². The highest BCUT2D eigenvalue weighted by molar-refractivity contribution is 5.02. The first-order valence-corrected chi connectivity index (χ1v) is 7.37. The number of piperazine rings is 1. The Morgan fingerprint density at radius 3 is 2.56 bits per heavy atom. The Morgan fingerprint density at radius 2 is 2.06 bits per heavy atom. The molecule has 2 rings (SSSR count). The van der Waals surface area contributed by atoms with Crippen LogP contribution in [-0.2, 0) is 0 Å². The molecule has 0 spiro atoms. The fourth-order valence-electron chi connectivity index (χ4n) is 3.30. The topological polar surface area (TPSA) is 38.7 Å². The lowest BCUT2D eigenvalue weighted by molar-refractivity contribution is 0.0442. The number of aliphatic hydroxyl groups excluding tert-OH is 1. The van der Waals surface area contributed by atoms with Crippen LogP contribution in [0.25, 0.3) is 0 Å². The molecule has 2 unspecified atom stereocenters. The monoisotopic (exact) mass is 255 g/mol. The van der Waals surface area contributed by atoms with Crippen LogP contribution >= 0.6 is 0 Å². The molecule has 4 heteroatoms. The second-order valence-electron chi connectivity index (χ2n) is 6.12. The van der Waals surface area contributed by atoms with E-state index in [1.165, 1.54) is 19.3 Å². The summed E-state index contributed by atoms with van der Waals surface area (Å²) in [5.74, 6) is 0.673. The second-order valence-corrected chi connectivity index (χ2v) is 6.12. The molecule has 2 aliphatic rings. The zero-order valence-electron chi connectivity index (χ0n) is 12.2. The van der Waals surface area contributed by atoms with Gasteiger partial charge in [0, 0.05) is 32.2 Å². The van der Waals surface area contributed by atoms with Crippen LogP contribution in [0.4, 0.5) is 0 Å². The van der Waals surface area contributed by atoms with E-state index in [0.29, 0.717) is 12.0 Å². The lowest BCUT2D eigenvalue weighted by atomic mass is 9.92. The van der Waals surface area contributed by atoms with Crippen molar-refractivity contribution in [2.24, 2.45) is 5.92 Å². The summed E-state index contributed by atoms with van der Waals surface area (Å²) >= 11 is 0. The van der Waals surface area contributed by atoms with E-state index < -0.39 is 0 Å². The van der Waals surface area contributed by atoms with E-state index in [1.54, 1.807) is 0 Å². The summed E-state index contributed by atoms with van der Waals surface area (Å²) in [5, 5.41) is 13.2. The number of hydrogen-bond acceptors (Lipinski definition) is 4. The highest BCUT2D eigenvalue weighted by atomic mass is 16.3. The number of aliphatic hydroxyl groups is 1. The van der Waals surface area contributed by atoms with E-state index in [0.717, 1.165) is 26.2 Å². The Balaban J connectivity index is 1.95. The molecule has 2 fully saturated rings. The normalized spacial score (nSPS) is 30.3. The molecule has 0 radical (unpaired) electrons. The van der Waals surface area contributed by atoms with Crippen LogP contribution in [-0.4, -0.2) is 73.4 Å². The summed E-state index contributed by atoms with van der Waals surface area (Å²) in [7, 11) is 4.23. The largest absolute Gasteiger partial charge is 0.394 e. The predicted molar refractivity (Wildman–Crippen MR) is 74.7 cm³/mol. The molecule has 0 bridgehead atoms. The van der Waals surface area contributed by atoms with Gasteiger partial charge in [0.25, 0.3) is 0 Å². The van der Waals surface area contributed by atoms with Gasteiger partial charge in [-0.2, -0.15) is 0 Å². The Kier molecular flexibility index (Phi) is 4.64. The van der Waals surface area contributed by atoms with Crippen molar-refractivity contribution < 1.29 is 5.11 Å². The van der Waals surface area contributed by atoms with Crippen molar-refractivity contribution in [2.45, 2.75) is 37.8 Å². The van der Waals surface area contributed by atoms with Gasteiger partial charge in [0.2, 0.25) is 0 Å². The first-order valence-electron chi connectivity index (χ1n) is 7.37. The van der Waals surface area contributed by atoms with Gasteiger partial charge in [0.15, 0.2) is 0 Å². The number of nitrogens with zero attached hydrogens (tertiary/aromatic N) is 2. The minimum Gasteiger partial charge on any atom is -0.394 e. The van der Waals surface area contributed by atoms with Crippen molar-refractivity contribution in [3.63, 3.8) is 0 Å². The first kappa shape index (κ1) is 14.3. The van der Waals surface area contributed by atoms with E-state index in [-0.39, 0.29) is 12.1 Å². The van der Waals surface area contributed by atoms with E-state index in [4.69, 9.17) is 0 Å². The number of rotatable bonds is 6. The van der Waals surface area contributed by atoms with Crippen molar-refractivity contribution in [1.29, 1.82) is 0 Å². The molecule has 0 amide bonds. The van der Waals surface area contributed by atoms with Gasteiger partial charge in [-0.25, -0.2) is 0 Å². The number of hydrogen-bond donors (Lipinski definition) is 2. The summed E-state index contributed by atoms with van der Waals surface area (Å²) < 4.78 is 0. The second kappa shape index (κ2) is 5.87. The van der Waals surface area contributed by atoms with Gasteiger partial charge in [-0.3, -0.25) is 4.90 Å². The Hall–Kier alpha value is -0.160. The van der Waals surface area contributed by atoms with Crippen LogP contribution < -0.4 is 5.32 Å². The minimum atomic E-state index is -0.0613. The molecule has 0 aromatic rings. The van der Waals surface area contributed by atoms with Gasteiger partial charge >= 0.3 is 0 Å². The van der Waals surface area contributed by atoms with Crippen LogP contribution in [0.2, 0.25) is 0 Å². The molecular weight excluding hydrogens is 226 g/mol. The highest BCUT2D eigenvalue weighted by Gasteiger charge is 2.45. The fraction of sp³-hybridized carbons (Fsp3) is 1.00. The van der Waals surface area contributed by atoms with Gasteiger partial charge in [-0.15, -0.1) is 0 Å². The summed E-state index contributed by atoms with van der Waals surface area (Å²) in [5.41, 5.74) is -0.0613. The molecule has 1 heterocycles. The van der Waals surface area contributed by atoms with Crippen LogP contribution in [0.3, 0.4) is 0 Å². The number of nitrogens with one attached hydrogen (secondary N) is 1. The van der Waals surface area contributed by atoms with Crippen molar-refractivity contribution in [1.82, 2.24) is 15.1 Å². The van der Waals surface area contributed by atoms with Crippen LogP contribution in [0.15, 0.2) is 0 Å². The molecule has 4 nitrogen and oxygen atoms in total. The average Bonchev–Trinajstić information content (AvgIpc) is 3.23. The van der Waals surface area contributed by atoms with Gasteiger partial charge < -0.3 is 15.3 Å². The molecule has 2 N–H and O–H groups in total. The van der Waals surface area contributed by atoms with Gasteiger partial charge in [0.1, 0.15) is 0 Å². The molecule has 18 heavy (non-hydrogen) atoms. The Labute approximate surface area is 111 Å². The quantitative estimate of drug-likeness (QED) is 0.719. The summed E-state index contributed by atoms with van der Waals surface area (Å²) in [6.45, 7) is 6.94. The molecule has 1 aliphatic heterocycles. The van der Waals surface area contributed by atoms with Crippen molar-refractivity contribution in [3.05, 3.63) is 0 Å². The minimum absolute atomic E-state index is 0.0613. The van der Waals surface area contributed by atoms with Crippen molar-refractivity contribution in [2.75, 3.05) is 46.9 Å². The van der Waals surface area contributed by atoms with Crippen molar-refractivity contribution >= 4 is 0 Å². The third kappa shape index (κ3) is 2.87. The fourth-order valence-corrected chi connectivity index (χ4v) is 3.30. The lowest BCUT2D eigenvalue weighted by Gasteiger charge is -2.44. The Morgan fingerprint density at radius 1 is 1.33 bits per heavy atom. The zero-order chi connectivity index (χ0) is 13.2. The molecule has 0 aromatic carbocycles. The highest BCUT2D eigenvalue weighted by Crippen LogP contribution is 2.40. The maximum atomic E-state index is 9.79. The Bertz CT molecular complexity index is 264. The maximum Gasteiger partial charge on any atom is 0.0628 e. The molecule has 106 valence electrons. The average molecular weight is 255 g/mol. The molecule has 2 atom stereocenters. The zero-order valence-corrected chi connectivity index (χ0v) is 12.2. The standard InChI is InChI=1S/C14H29N3O/c1-4-13-9-17(8-7-16(13)3)10-14(11-18,15-2)12-5-6-12/h12-13,15,18H,4-11H2,1-3H3. The van der Waals surface area contributed by atoms with E-state index in [2.05, 4.69) is 29.1 Å². The third-order valence-corrected chi connectivity index (χ3v) is 4.98. The predicted octanol–water partition coefficient (Wildman–Crippen LogP) is 0.373.